The average molecular weight is 394 g/mol. The van der Waals surface area contributed by atoms with Crippen molar-refractivity contribution in [1.29, 1.82) is 0 Å². The van der Waals surface area contributed by atoms with Crippen LogP contribution in [0.1, 0.15) is 50.0 Å². The fraction of sp³-hybridized carbons (Fsp3) is 0.522. The van der Waals surface area contributed by atoms with E-state index in [9.17, 15) is 4.79 Å². The van der Waals surface area contributed by atoms with Crippen molar-refractivity contribution in [2.75, 3.05) is 41.3 Å². The number of amides is 1. The number of carbonyl (C=O) groups excluding carboxylic acids is 1. The van der Waals surface area contributed by atoms with Crippen molar-refractivity contribution in [3.8, 4) is 0 Å². The lowest BCUT2D eigenvalue weighted by Crippen LogP contribution is -2.33. The zero-order valence-corrected chi connectivity index (χ0v) is 17.5. The van der Waals surface area contributed by atoms with Crippen LogP contribution in [-0.4, -0.2) is 42.3 Å². The van der Waals surface area contributed by atoms with Crippen LogP contribution in [0.5, 0.6) is 0 Å². The van der Waals surface area contributed by atoms with E-state index in [1.54, 1.807) is 6.07 Å². The van der Waals surface area contributed by atoms with Crippen LogP contribution in [0, 0.1) is 11.8 Å². The monoisotopic (exact) mass is 393 g/mol. The van der Waals surface area contributed by atoms with E-state index < -0.39 is 0 Å². The third-order valence-corrected chi connectivity index (χ3v) is 6.26. The van der Waals surface area contributed by atoms with Crippen LogP contribution in [0.4, 0.5) is 17.2 Å². The fourth-order valence-corrected chi connectivity index (χ4v) is 4.07. The van der Waals surface area contributed by atoms with Crippen molar-refractivity contribution in [3.05, 3.63) is 42.1 Å². The summed E-state index contributed by atoms with van der Waals surface area (Å²) in [7, 11) is 0. The topological polar surface area (TPSA) is 61.4 Å². The van der Waals surface area contributed by atoms with Gasteiger partial charge in [-0.1, -0.05) is 13.8 Å². The highest BCUT2D eigenvalue weighted by atomic mass is 16.1. The van der Waals surface area contributed by atoms with Crippen LogP contribution in [0.2, 0.25) is 0 Å². The molecule has 0 aliphatic carbocycles. The number of anilines is 3. The minimum atomic E-state index is -0.226. The van der Waals surface area contributed by atoms with Gasteiger partial charge in [-0.15, -0.1) is 10.2 Å². The summed E-state index contributed by atoms with van der Waals surface area (Å²) in [5, 5.41) is 11.4. The molecule has 3 heterocycles. The summed E-state index contributed by atoms with van der Waals surface area (Å²) in [4.78, 5) is 17.2. The molecule has 2 aliphatic heterocycles. The number of aromatic nitrogens is 2. The molecular formula is C23H31N5O. The molecule has 1 N–H and O–H groups in total. The van der Waals surface area contributed by atoms with Gasteiger partial charge in [0, 0.05) is 37.6 Å². The maximum absolute atomic E-state index is 12.5. The van der Waals surface area contributed by atoms with Crippen LogP contribution in [0.25, 0.3) is 0 Å². The lowest BCUT2D eigenvalue weighted by Gasteiger charge is -2.32. The third kappa shape index (κ3) is 4.86. The Balaban J connectivity index is 1.34. The van der Waals surface area contributed by atoms with Gasteiger partial charge in [0.05, 0.1) is 0 Å². The minimum Gasteiger partial charge on any atom is -0.372 e. The normalized spacial score (nSPS) is 18.7. The van der Waals surface area contributed by atoms with E-state index in [4.69, 9.17) is 0 Å². The van der Waals surface area contributed by atoms with Gasteiger partial charge in [-0.05, 0) is 73.9 Å². The van der Waals surface area contributed by atoms with Crippen molar-refractivity contribution in [2.24, 2.45) is 11.8 Å². The van der Waals surface area contributed by atoms with Crippen molar-refractivity contribution >= 4 is 23.1 Å². The molecular weight excluding hydrogens is 362 g/mol. The smallest absolute Gasteiger partial charge is 0.276 e. The van der Waals surface area contributed by atoms with E-state index in [-0.39, 0.29) is 5.91 Å². The maximum Gasteiger partial charge on any atom is 0.276 e. The van der Waals surface area contributed by atoms with Crippen LogP contribution >= 0.6 is 0 Å². The predicted molar refractivity (Wildman–Crippen MR) is 118 cm³/mol. The first-order valence-electron chi connectivity index (χ1n) is 10.8. The average Bonchev–Trinajstić information content (AvgIpc) is 2.76. The third-order valence-electron chi connectivity index (χ3n) is 6.26. The van der Waals surface area contributed by atoms with E-state index in [2.05, 4.69) is 51.3 Å². The van der Waals surface area contributed by atoms with E-state index in [0.717, 1.165) is 49.5 Å². The predicted octanol–water partition coefficient (Wildman–Crippen LogP) is 4.20. The van der Waals surface area contributed by atoms with Gasteiger partial charge in [0.1, 0.15) is 0 Å². The van der Waals surface area contributed by atoms with Crippen LogP contribution in [0.15, 0.2) is 36.4 Å². The molecule has 29 heavy (non-hydrogen) atoms. The Morgan fingerprint density at radius 1 is 0.828 bits per heavy atom. The summed E-state index contributed by atoms with van der Waals surface area (Å²) in [6, 6.07) is 11.7. The number of piperidine rings is 2. The fourth-order valence-electron chi connectivity index (χ4n) is 4.07. The Hall–Kier alpha value is -2.63. The Kier molecular flexibility index (Phi) is 5.97. The van der Waals surface area contributed by atoms with E-state index in [0.29, 0.717) is 5.69 Å². The second kappa shape index (κ2) is 8.80. The first kappa shape index (κ1) is 19.7. The summed E-state index contributed by atoms with van der Waals surface area (Å²) in [5.41, 5.74) is 2.34. The first-order chi connectivity index (χ1) is 14.1. The SMILES string of the molecule is CC1CCN(c2ccc(NC(=O)c3ccc(N4CCC(C)CC4)nn3)cc2)CC1. The number of hydrogen-bond acceptors (Lipinski definition) is 5. The van der Waals surface area contributed by atoms with E-state index >= 15 is 0 Å². The Morgan fingerprint density at radius 3 is 1.97 bits per heavy atom. The zero-order chi connectivity index (χ0) is 20.2. The number of rotatable bonds is 4. The molecule has 6 heteroatoms. The molecule has 1 aromatic carbocycles. The number of carbonyl (C=O) groups is 1. The van der Waals surface area contributed by atoms with E-state index in [1.807, 2.05) is 18.2 Å². The summed E-state index contributed by atoms with van der Waals surface area (Å²) < 4.78 is 0. The molecule has 2 saturated heterocycles. The number of nitrogens with one attached hydrogen (secondary N) is 1. The molecule has 2 aliphatic rings. The van der Waals surface area contributed by atoms with Gasteiger partial charge < -0.3 is 15.1 Å². The standard InChI is InChI=1S/C23H31N5O/c1-17-9-13-27(14-10-17)20-5-3-19(4-6-20)24-23(29)21-7-8-22(26-25-21)28-15-11-18(2)12-16-28/h3-8,17-18H,9-16H2,1-2H3,(H,24,29). The van der Waals surface area contributed by atoms with Crippen molar-refractivity contribution in [1.82, 2.24) is 10.2 Å². The molecule has 1 aromatic heterocycles. The molecule has 6 nitrogen and oxygen atoms in total. The lowest BCUT2D eigenvalue weighted by atomic mass is 9.99. The molecule has 1 amide bonds. The molecule has 2 aromatic rings. The van der Waals surface area contributed by atoms with Crippen LogP contribution in [0.3, 0.4) is 0 Å². The summed E-state index contributed by atoms with van der Waals surface area (Å²) in [6.07, 6.45) is 4.83. The van der Waals surface area contributed by atoms with Crippen molar-refractivity contribution in [2.45, 2.75) is 39.5 Å². The zero-order valence-electron chi connectivity index (χ0n) is 17.5. The van der Waals surface area contributed by atoms with Gasteiger partial charge in [0.2, 0.25) is 0 Å². The second-order valence-electron chi connectivity index (χ2n) is 8.62. The summed E-state index contributed by atoms with van der Waals surface area (Å²) >= 11 is 0. The molecule has 154 valence electrons. The lowest BCUT2D eigenvalue weighted by molar-refractivity contribution is 0.102. The minimum absolute atomic E-state index is 0.226. The van der Waals surface area contributed by atoms with Gasteiger partial charge in [0.25, 0.3) is 5.91 Å². The van der Waals surface area contributed by atoms with E-state index in [1.165, 1.54) is 31.4 Å². The number of hydrogen-bond donors (Lipinski definition) is 1. The number of nitrogens with zero attached hydrogens (tertiary/aromatic N) is 4. The highest BCUT2D eigenvalue weighted by Gasteiger charge is 2.18. The second-order valence-corrected chi connectivity index (χ2v) is 8.62. The Bertz CT molecular complexity index is 804. The van der Waals surface area contributed by atoms with Crippen LogP contribution in [-0.2, 0) is 0 Å². The molecule has 0 unspecified atom stereocenters. The van der Waals surface area contributed by atoms with Crippen LogP contribution < -0.4 is 15.1 Å². The summed E-state index contributed by atoms with van der Waals surface area (Å²) in [6.45, 7) is 8.82. The van der Waals surface area contributed by atoms with Gasteiger partial charge in [-0.2, -0.15) is 0 Å². The van der Waals surface area contributed by atoms with Crippen molar-refractivity contribution < 1.29 is 4.79 Å². The molecule has 0 atom stereocenters. The molecule has 4 rings (SSSR count). The van der Waals surface area contributed by atoms with Gasteiger partial charge in [-0.25, -0.2) is 0 Å². The highest BCUT2D eigenvalue weighted by Crippen LogP contribution is 2.25. The highest BCUT2D eigenvalue weighted by molar-refractivity contribution is 6.02. The largest absolute Gasteiger partial charge is 0.372 e. The van der Waals surface area contributed by atoms with Gasteiger partial charge >= 0.3 is 0 Å². The number of benzene rings is 1. The first-order valence-corrected chi connectivity index (χ1v) is 10.8. The van der Waals surface area contributed by atoms with Gasteiger partial charge in [-0.3, -0.25) is 4.79 Å². The molecule has 0 bridgehead atoms. The van der Waals surface area contributed by atoms with Crippen molar-refractivity contribution in [3.63, 3.8) is 0 Å². The molecule has 0 saturated carbocycles. The summed E-state index contributed by atoms with van der Waals surface area (Å²) in [5.74, 6) is 2.22. The Labute approximate surface area is 173 Å². The molecule has 0 spiro atoms. The van der Waals surface area contributed by atoms with Gasteiger partial charge in [0.15, 0.2) is 11.5 Å². The Morgan fingerprint density at radius 2 is 1.41 bits per heavy atom. The quantitative estimate of drug-likeness (QED) is 0.843. The maximum atomic E-state index is 12.5. The molecule has 0 radical (unpaired) electrons. The molecule has 2 fully saturated rings.